The Kier molecular flexibility index (Phi) is 6.60. The molecule has 2 rings (SSSR count). The summed E-state index contributed by atoms with van der Waals surface area (Å²) in [4.78, 5) is 30.7. The summed E-state index contributed by atoms with van der Waals surface area (Å²) in [6.45, 7) is 8.30. The van der Waals surface area contributed by atoms with Crippen LogP contribution in [0.4, 0.5) is 0 Å². The van der Waals surface area contributed by atoms with Crippen molar-refractivity contribution in [3.63, 3.8) is 0 Å². The largest absolute Gasteiger partial charge is 0.309 e. The van der Waals surface area contributed by atoms with E-state index >= 15 is 0 Å². The normalized spacial score (nSPS) is 31.5. The third-order valence-electron chi connectivity index (χ3n) is 6.30. The molecule has 1 aliphatic heterocycles. The van der Waals surface area contributed by atoms with Crippen LogP contribution in [0.15, 0.2) is 0 Å². The number of likely N-dealkylation sites (tertiary alicyclic amines) is 1. The third kappa shape index (κ3) is 4.08. The van der Waals surface area contributed by atoms with Crippen LogP contribution in [0.5, 0.6) is 0 Å². The van der Waals surface area contributed by atoms with Gasteiger partial charge in [0.2, 0.25) is 0 Å². The fourth-order valence-corrected chi connectivity index (χ4v) is 4.68. The molecule has 1 saturated heterocycles. The lowest BCUT2D eigenvalue weighted by Gasteiger charge is -2.42. The molecule has 0 bridgehead atoms. The molecule has 138 valence electrons. The maximum absolute atomic E-state index is 13.0. The molecule has 1 aliphatic carbocycles. The summed E-state index contributed by atoms with van der Waals surface area (Å²) in [7, 11) is 4.20. The van der Waals surface area contributed by atoms with Crippen molar-refractivity contribution in [2.75, 3.05) is 40.3 Å². The predicted octanol–water partition coefficient (Wildman–Crippen LogP) is 3.15. The standard InChI is InChI=1S/C20H36N2O2/c1-5-7-9-20(6-2)17(23)14-19(15-18(20)24)10-13-22(16-19)12-8-11-21(3)4/h5-16H2,1-4H3. The van der Waals surface area contributed by atoms with E-state index in [9.17, 15) is 9.59 Å². The zero-order valence-electron chi connectivity index (χ0n) is 16.2. The molecule has 0 N–H and O–H groups in total. The summed E-state index contributed by atoms with van der Waals surface area (Å²) in [5.41, 5.74) is -0.712. The fraction of sp³-hybridized carbons (Fsp3) is 0.900. The van der Waals surface area contributed by atoms with E-state index in [0.717, 1.165) is 58.3 Å². The number of nitrogens with zero attached hydrogens (tertiary/aromatic N) is 2. The topological polar surface area (TPSA) is 40.6 Å². The molecule has 0 amide bonds. The van der Waals surface area contributed by atoms with E-state index in [1.54, 1.807) is 0 Å². The van der Waals surface area contributed by atoms with Crippen molar-refractivity contribution in [2.45, 2.75) is 65.2 Å². The smallest absolute Gasteiger partial charge is 0.147 e. The van der Waals surface area contributed by atoms with Crippen molar-refractivity contribution in [3.05, 3.63) is 0 Å². The van der Waals surface area contributed by atoms with Crippen LogP contribution in [0.1, 0.15) is 65.2 Å². The first-order valence-electron chi connectivity index (χ1n) is 9.81. The van der Waals surface area contributed by atoms with Crippen LogP contribution in [0.25, 0.3) is 0 Å². The molecule has 4 nitrogen and oxygen atoms in total. The summed E-state index contributed by atoms with van der Waals surface area (Å²) in [6.07, 6.45) is 6.90. The van der Waals surface area contributed by atoms with Gasteiger partial charge in [0.15, 0.2) is 0 Å². The highest BCUT2D eigenvalue weighted by Crippen LogP contribution is 2.49. The van der Waals surface area contributed by atoms with Gasteiger partial charge < -0.3 is 9.80 Å². The molecule has 2 aliphatic rings. The van der Waals surface area contributed by atoms with Gasteiger partial charge in [-0.1, -0.05) is 26.7 Å². The molecule has 4 heteroatoms. The quantitative estimate of drug-likeness (QED) is 0.639. The molecule has 0 unspecified atom stereocenters. The zero-order chi connectivity index (χ0) is 17.8. The van der Waals surface area contributed by atoms with Crippen LogP contribution in [0.2, 0.25) is 0 Å². The second-order valence-corrected chi connectivity index (χ2v) is 8.42. The van der Waals surface area contributed by atoms with Crippen molar-refractivity contribution >= 4 is 11.6 Å². The molecule has 1 heterocycles. The average Bonchev–Trinajstić information content (AvgIpc) is 2.89. The number of ketones is 2. The molecular weight excluding hydrogens is 300 g/mol. The molecule has 1 saturated carbocycles. The minimum absolute atomic E-state index is 0.0584. The maximum Gasteiger partial charge on any atom is 0.147 e. The second-order valence-electron chi connectivity index (χ2n) is 8.42. The van der Waals surface area contributed by atoms with Gasteiger partial charge in [0.25, 0.3) is 0 Å². The van der Waals surface area contributed by atoms with Crippen molar-refractivity contribution in [1.29, 1.82) is 0 Å². The third-order valence-corrected chi connectivity index (χ3v) is 6.30. The number of unbranched alkanes of at least 4 members (excludes halogenated alkanes) is 1. The van der Waals surface area contributed by atoms with Crippen molar-refractivity contribution in [3.8, 4) is 0 Å². The minimum Gasteiger partial charge on any atom is -0.309 e. The summed E-state index contributed by atoms with van der Waals surface area (Å²) < 4.78 is 0. The zero-order valence-corrected chi connectivity index (χ0v) is 16.2. The Morgan fingerprint density at radius 3 is 2.29 bits per heavy atom. The highest BCUT2D eigenvalue weighted by atomic mass is 16.2. The molecule has 0 radical (unpaired) electrons. The lowest BCUT2D eigenvalue weighted by Crippen LogP contribution is -2.50. The first kappa shape index (κ1) is 19.6. The molecule has 2 fully saturated rings. The van der Waals surface area contributed by atoms with Crippen LogP contribution in [0.3, 0.4) is 0 Å². The Bertz CT molecular complexity index is 441. The first-order chi connectivity index (χ1) is 11.4. The van der Waals surface area contributed by atoms with Crippen LogP contribution < -0.4 is 0 Å². The maximum atomic E-state index is 13.0. The fourth-order valence-electron chi connectivity index (χ4n) is 4.68. The number of hydrogen-bond acceptors (Lipinski definition) is 4. The van der Waals surface area contributed by atoms with E-state index in [2.05, 4.69) is 30.8 Å². The summed E-state index contributed by atoms with van der Waals surface area (Å²) in [6, 6.07) is 0. The summed E-state index contributed by atoms with van der Waals surface area (Å²) >= 11 is 0. The lowest BCUT2D eigenvalue weighted by molar-refractivity contribution is -0.150. The van der Waals surface area contributed by atoms with Gasteiger partial charge in [-0.3, -0.25) is 9.59 Å². The highest BCUT2D eigenvalue weighted by molar-refractivity contribution is 6.09. The van der Waals surface area contributed by atoms with Gasteiger partial charge >= 0.3 is 0 Å². The molecule has 0 aromatic heterocycles. The number of hydrogen-bond donors (Lipinski definition) is 0. The molecule has 0 atom stereocenters. The van der Waals surface area contributed by atoms with E-state index in [0.29, 0.717) is 19.3 Å². The van der Waals surface area contributed by atoms with Gasteiger partial charge in [0.1, 0.15) is 11.6 Å². The van der Waals surface area contributed by atoms with Crippen LogP contribution in [-0.2, 0) is 9.59 Å². The van der Waals surface area contributed by atoms with Gasteiger partial charge in [-0.15, -0.1) is 0 Å². The Morgan fingerprint density at radius 1 is 1.08 bits per heavy atom. The van der Waals surface area contributed by atoms with Gasteiger partial charge in [-0.25, -0.2) is 0 Å². The SMILES string of the molecule is CCCCC1(CC)C(=O)CC2(CCN(CCCN(C)C)C2)CC1=O. The van der Waals surface area contributed by atoms with E-state index in [1.165, 1.54) is 0 Å². The molecule has 1 spiro atoms. The van der Waals surface area contributed by atoms with Gasteiger partial charge in [-0.2, -0.15) is 0 Å². The Labute approximate surface area is 148 Å². The lowest BCUT2D eigenvalue weighted by atomic mass is 9.59. The number of Topliss-reactive ketones (excluding diaryl/α,β-unsaturated/α-hetero) is 2. The Balaban J connectivity index is 1.98. The monoisotopic (exact) mass is 336 g/mol. The van der Waals surface area contributed by atoms with Crippen LogP contribution in [-0.4, -0.2) is 61.6 Å². The highest BCUT2D eigenvalue weighted by Gasteiger charge is 2.54. The van der Waals surface area contributed by atoms with Crippen molar-refractivity contribution in [1.82, 2.24) is 9.80 Å². The molecular formula is C20H36N2O2. The molecule has 24 heavy (non-hydrogen) atoms. The average molecular weight is 337 g/mol. The van der Waals surface area contributed by atoms with Gasteiger partial charge in [0.05, 0.1) is 5.41 Å². The van der Waals surface area contributed by atoms with Gasteiger partial charge in [-0.05, 0) is 64.8 Å². The second kappa shape index (κ2) is 8.09. The predicted molar refractivity (Wildman–Crippen MR) is 98.2 cm³/mol. The van der Waals surface area contributed by atoms with Crippen molar-refractivity contribution in [2.24, 2.45) is 10.8 Å². The van der Waals surface area contributed by atoms with E-state index in [1.807, 2.05) is 6.92 Å². The first-order valence-corrected chi connectivity index (χ1v) is 9.81. The van der Waals surface area contributed by atoms with Crippen LogP contribution >= 0.6 is 0 Å². The van der Waals surface area contributed by atoms with E-state index in [4.69, 9.17) is 0 Å². The van der Waals surface area contributed by atoms with Gasteiger partial charge in [0, 0.05) is 19.4 Å². The Morgan fingerprint density at radius 2 is 1.75 bits per heavy atom. The Hall–Kier alpha value is -0.740. The van der Waals surface area contributed by atoms with E-state index < -0.39 is 5.41 Å². The molecule has 0 aromatic carbocycles. The van der Waals surface area contributed by atoms with Crippen molar-refractivity contribution < 1.29 is 9.59 Å². The minimum atomic E-state index is -0.653. The number of carbonyl (C=O) groups is 2. The summed E-state index contributed by atoms with van der Waals surface area (Å²) in [5.74, 6) is 0.481. The van der Waals surface area contributed by atoms with E-state index in [-0.39, 0.29) is 17.0 Å². The molecule has 0 aromatic rings. The number of rotatable bonds is 8. The van der Waals surface area contributed by atoms with Crippen LogP contribution in [0, 0.1) is 10.8 Å². The number of carbonyl (C=O) groups excluding carboxylic acids is 2. The summed E-state index contributed by atoms with van der Waals surface area (Å²) in [5, 5.41) is 0.